The zero-order valence-electron chi connectivity index (χ0n) is 13.5. The molecule has 0 aliphatic heterocycles. The van der Waals surface area contributed by atoms with Crippen molar-refractivity contribution in [2.24, 2.45) is 0 Å². The maximum atomic E-state index is 12.2. The lowest BCUT2D eigenvalue weighted by molar-refractivity contribution is -0.122. The van der Waals surface area contributed by atoms with Crippen LogP contribution in [0.2, 0.25) is 0 Å². The molecule has 0 saturated heterocycles. The van der Waals surface area contributed by atoms with Crippen LogP contribution in [-0.2, 0) is 4.79 Å². The van der Waals surface area contributed by atoms with E-state index in [9.17, 15) is 4.79 Å². The molecule has 116 valence electrons. The van der Waals surface area contributed by atoms with Crippen molar-refractivity contribution < 1.29 is 4.79 Å². The van der Waals surface area contributed by atoms with E-state index in [-0.39, 0.29) is 11.9 Å². The Hall–Kier alpha value is -1.51. The molecule has 1 amide bonds. The first-order valence-corrected chi connectivity index (χ1v) is 8.27. The van der Waals surface area contributed by atoms with Crippen molar-refractivity contribution >= 4 is 11.6 Å². The van der Waals surface area contributed by atoms with Gasteiger partial charge in [0.25, 0.3) is 0 Å². The lowest BCUT2D eigenvalue weighted by Crippen LogP contribution is -2.42. The molecule has 1 aliphatic carbocycles. The normalized spacial score (nSPS) is 18.2. The zero-order chi connectivity index (χ0) is 15.2. The summed E-state index contributed by atoms with van der Waals surface area (Å²) in [5.74, 6) is 0.690. The summed E-state index contributed by atoms with van der Waals surface area (Å²) in [6, 6.07) is 8.63. The molecule has 1 aromatic carbocycles. The third-order valence-electron chi connectivity index (χ3n) is 4.57. The van der Waals surface area contributed by atoms with E-state index in [1.165, 1.54) is 18.4 Å². The molecule has 1 aliphatic rings. The molecular weight excluding hydrogens is 260 g/mol. The molecular formula is C18H28N2O. The number of anilines is 1. The Bertz CT molecular complexity index is 449. The van der Waals surface area contributed by atoms with E-state index in [0.717, 1.165) is 24.9 Å². The smallest absolute Gasteiger partial charge is 0.242 e. The lowest BCUT2D eigenvalue weighted by atomic mass is 9.98. The highest BCUT2D eigenvalue weighted by molar-refractivity contribution is 5.84. The predicted octanol–water partition coefficient (Wildman–Crippen LogP) is 4.06. The van der Waals surface area contributed by atoms with Crippen LogP contribution < -0.4 is 10.6 Å². The number of hydrogen-bond donors (Lipinski definition) is 2. The van der Waals surface area contributed by atoms with Crippen molar-refractivity contribution in [3.05, 3.63) is 29.8 Å². The molecule has 3 heteroatoms. The van der Waals surface area contributed by atoms with Crippen molar-refractivity contribution in [1.82, 2.24) is 5.32 Å². The first kappa shape index (κ1) is 15.9. The Labute approximate surface area is 128 Å². The average Bonchev–Trinajstić information content (AvgIpc) is 3.00. The van der Waals surface area contributed by atoms with Gasteiger partial charge in [0.1, 0.15) is 6.04 Å². The van der Waals surface area contributed by atoms with Gasteiger partial charge in [-0.3, -0.25) is 4.79 Å². The van der Waals surface area contributed by atoms with E-state index in [4.69, 9.17) is 0 Å². The van der Waals surface area contributed by atoms with Crippen LogP contribution in [0.15, 0.2) is 24.3 Å². The van der Waals surface area contributed by atoms with E-state index in [2.05, 4.69) is 48.7 Å². The third kappa shape index (κ3) is 4.48. The van der Waals surface area contributed by atoms with Gasteiger partial charge in [-0.05, 0) is 49.8 Å². The molecule has 0 heterocycles. The quantitative estimate of drug-likeness (QED) is 0.829. The fraction of sp³-hybridized carbons (Fsp3) is 0.611. The van der Waals surface area contributed by atoms with Crippen LogP contribution in [0.4, 0.5) is 5.69 Å². The van der Waals surface area contributed by atoms with E-state index in [1.54, 1.807) is 0 Å². The largest absolute Gasteiger partial charge is 0.374 e. The van der Waals surface area contributed by atoms with Gasteiger partial charge in [0.2, 0.25) is 5.91 Å². The van der Waals surface area contributed by atoms with Crippen molar-refractivity contribution in [2.75, 3.05) is 5.32 Å². The summed E-state index contributed by atoms with van der Waals surface area (Å²) in [5, 5.41) is 6.42. The van der Waals surface area contributed by atoms with Crippen molar-refractivity contribution in [3.63, 3.8) is 0 Å². The van der Waals surface area contributed by atoms with E-state index in [0.29, 0.717) is 12.0 Å². The van der Waals surface area contributed by atoms with Gasteiger partial charge in [-0.15, -0.1) is 0 Å². The first-order chi connectivity index (χ1) is 10.1. The van der Waals surface area contributed by atoms with Crippen molar-refractivity contribution in [3.8, 4) is 0 Å². The van der Waals surface area contributed by atoms with Crippen LogP contribution in [0.5, 0.6) is 0 Å². The predicted molar refractivity (Wildman–Crippen MR) is 88.6 cm³/mol. The topological polar surface area (TPSA) is 41.1 Å². The Balaban J connectivity index is 1.86. The Morgan fingerprint density at radius 1 is 1.19 bits per heavy atom. The van der Waals surface area contributed by atoms with Crippen LogP contribution in [0.25, 0.3) is 0 Å². The van der Waals surface area contributed by atoms with Gasteiger partial charge in [-0.1, -0.05) is 38.8 Å². The number of carbonyl (C=O) groups excluding carboxylic acids is 1. The minimum absolute atomic E-state index is 0.105. The average molecular weight is 288 g/mol. The lowest BCUT2D eigenvalue weighted by Gasteiger charge is -2.19. The number of amides is 1. The number of benzene rings is 1. The minimum atomic E-state index is -0.194. The molecule has 0 aromatic heterocycles. The summed E-state index contributed by atoms with van der Waals surface area (Å²) in [6.07, 6.45) is 5.88. The molecule has 3 nitrogen and oxygen atoms in total. The summed E-state index contributed by atoms with van der Waals surface area (Å²) >= 11 is 0. The third-order valence-corrected chi connectivity index (χ3v) is 4.57. The molecule has 0 radical (unpaired) electrons. The maximum Gasteiger partial charge on any atom is 0.242 e. The van der Waals surface area contributed by atoms with Crippen LogP contribution in [0, 0.1) is 0 Å². The minimum Gasteiger partial charge on any atom is -0.374 e. The Morgan fingerprint density at radius 2 is 1.81 bits per heavy atom. The first-order valence-electron chi connectivity index (χ1n) is 8.27. The number of rotatable bonds is 6. The summed E-state index contributed by atoms with van der Waals surface area (Å²) in [5.41, 5.74) is 2.36. The van der Waals surface area contributed by atoms with Crippen LogP contribution in [0.1, 0.15) is 64.4 Å². The summed E-state index contributed by atoms with van der Waals surface area (Å²) < 4.78 is 0. The van der Waals surface area contributed by atoms with Gasteiger partial charge in [-0.25, -0.2) is 0 Å². The molecule has 0 spiro atoms. The van der Waals surface area contributed by atoms with E-state index >= 15 is 0 Å². The highest BCUT2D eigenvalue weighted by Crippen LogP contribution is 2.21. The van der Waals surface area contributed by atoms with Gasteiger partial charge < -0.3 is 10.6 Å². The molecule has 0 unspecified atom stereocenters. The monoisotopic (exact) mass is 288 g/mol. The highest BCUT2D eigenvalue weighted by atomic mass is 16.2. The molecule has 2 rings (SSSR count). The van der Waals surface area contributed by atoms with Gasteiger partial charge in [0.15, 0.2) is 0 Å². The SMILES string of the molecule is CC[C@H](C)c1ccc(N[C@H](C)C(=O)NC2CCCC2)cc1. The number of carbonyl (C=O) groups is 1. The highest BCUT2D eigenvalue weighted by Gasteiger charge is 2.20. The second kappa shape index (κ2) is 7.48. The molecule has 1 fully saturated rings. The van der Waals surface area contributed by atoms with Crippen LogP contribution >= 0.6 is 0 Å². The molecule has 2 N–H and O–H groups in total. The van der Waals surface area contributed by atoms with Crippen LogP contribution in [0.3, 0.4) is 0 Å². The zero-order valence-corrected chi connectivity index (χ0v) is 13.5. The van der Waals surface area contributed by atoms with E-state index in [1.807, 2.05) is 6.92 Å². The van der Waals surface area contributed by atoms with E-state index < -0.39 is 0 Å². The summed E-state index contributed by atoms with van der Waals surface area (Å²) in [4.78, 5) is 12.2. The number of hydrogen-bond acceptors (Lipinski definition) is 2. The molecule has 1 saturated carbocycles. The summed E-state index contributed by atoms with van der Waals surface area (Å²) in [6.45, 7) is 6.36. The number of nitrogens with one attached hydrogen (secondary N) is 2. The van der Waals surface area contributed by atoms with Crippen LogP contribution in [-0.4, -0.2) is 18.0 Å². The standard InChI is InChI=1S/C18H28N2O/c1-4-13(2)15-9-11-17(12-10-15)19-14(3)18(21)20-16-7-5-6-8-16/h9-14,16,19H,4-8H2,1-3H3,(H,20,21)/t13-,14+/m0/s1. The van der Waals surface area contributed by atoms with Gasteiger partial charge in [-0.2, -0.15) is 0 Å². The van der Waals surface area contributed by atoms with Crippen molar-refractivity contribution in [1.29, 1.82) is 0 Å². The van der Waals surface area contributed by atoms with Gasteiger partial charge in [0.05, 0.1) is 0 Å². The van der Waals surface area contributed by atoms with Gasteiger partial charge >= 0.3 is 0 Å². The molecule has 1 aromatic rings. The fourth-order valence-corrected chi connectivity index (χ4v) is 2.86. The summed E-state index contributed by atoms with van der Waals surface area (Å²) in [7, 11) is 0. The second-order valence-electron chi connectivity index (χ2n) is 6.29. The molecule has 0 bridgehead atoms. The maximum absolute atomic E-state index is 12.2. The Morgan fingerprint density at radius 3 is 2.38 bits per heavy atom. The molecule has 2 atom stereocenters. The molecule has 21 heavy (non-hydrogen) atoms. The van der Waals surface area contributed by atoms with Crippen molar-refractivity contribution in [2.45, 2.75) is 70.9 Å². The van der Waals surface area contributed by atoms with Gasteiger partial charge in [0, 0.05) is 11.7 Å². The fourth-order valence-electron chi connectivity index (χ4n) is 2.86. The Kier molecular flexibility index (Phi) is 5.66. The second-order valence-corrected chi connectivity index (χ2v) is 6.29.